The molecule has 128 valence electrons. The average Bonchev–Trinajstić information content (AvgIpc) is 2.93. The molecule has 3 heterocycles. The molecule has 1 saturated heterocycles. The van der Waals surface area contributed by atoms with Gasteiger partial charge in [0, 0.05) is 37.6 Å². The molecule has 0 radical (unpaired) electrons. The summed E-state index contributed by atoms with van der Waals surface area (Å²) >= 11 is 0. The second-order valence-electron chi connectivity index (χ2n) is 6.23. The van der Waals surface area contributed by atoms with Crippen LogP contribution in [0.3, 0.4) is 0 Å². The monoisotopic (exact) mass is 328 g/mol. The summed E-state index contributed by atoms with van der Waals surface area (Å²) in [6, 6.07) is 5.95. The third-order valence-corrected chi connectivity index (χ3v) is 4.36. The number of pyridine rings is 1. The van der Waals surface area contributed by atoms with Gasteiger partial charge in [-0.1, -0.05) is 0 Å². The number of carbonyl (C=O) groups excluding carboxylic acids is 1. The smallest absolute Gasteiger partial charge is 0.222 e. The molecule has 0 aliphatic carbocycles. The van der Waals surface area contributed by atoms with Crippen molar-refractivity contribution in [3.63, 3.8) is 0 Å². The molecule has 0 unspecified atom stereocenters. The van der Waals surface area contributed by atoms with E-state index in [4.69, 9.17) is 4.74 Å². The number of carbonyl (C=O) groups is 1. The number of aryl methyl sites for hydroxylation is 3. The van der Waals surface area contributed by atoms with Gasteiger partial charge in [0.25, 0.3) is 0 Å². The van der Waals surface area contributed by atoms with E-state index >= 15 is 0 Å². The predicted molar refractivity (Wildman–Crippen MR) is 90.4 cm³/mol. The highest BCUT2D eigenvalue weighted by atomic mass is 16.5. The minimum Gasteiger partial charge on any atom is -0.370 e. The Hall–Kier alpha value is -2.21. The summed E-state index contributed by atoms with van der Waals surface area (Å²) < 4.78 is 7.77. The van der Waals surface area contributed by atoms with Gasteiger partial charge >= 0.3 is 0 Å². The Morgan fingerprint density at radius 1 is 1.33 bits per heavy atom. The summed E-state index contributed by atoms with van der Waals surface area (Å²) in [5.74, 6) is 0.193. The summed E-state index contributed by atoms with van der Waals surface area (Å²) in [7, 11) is 0. The maximum absolute atomic E-state index is 12.5. The molecule has 1 atom stereocenters. The lowest BCUT2D eigenvalue weighted by Gasteiger charge is -2.33. The van der Waals surface area contributed by atoms with Crippen LogP contribution < -0.4 is 0 Å². The summed E-state index contributed by atoms with van der Waals surface area (Å²) in [6.45, 7) is 6.67. The molecular weight excluding hydrogens is 304 g/mol. The summed E-state index contributed by atoms with van der Waals surface area (Å²) in [5.41, 5.74) is 3.24. The van der Waals surface area contributed by atoms with E-state index in [0.717, 1.165) is 29.9 Å². The lowest BCUT2D eigenvalue weighted by Crippen LogP contribution is -2.42. The number of aromatic nitrogens is 3. The second-order valence-corrected chi connectivity index (χ2v) is 6.23. The third-order valence-electron chi connectivity index (χ3n) is 4.36. The maximum atomic E-state index is 12.5. The Morgan fingerprint density at radius 2 is 2.12 bits per heavy atom. The largest absolute Gasteiger partial charge is 0.370 e. The van der Waals surface area contributed by atoms with E-state index in [0.29, 0.717) is 26.1 Å². The lowest BCUT2D eigenvalue weighted by atomic mass is 10.1. The number of morpholine rings is 1. The van der Waals surface area contributed by atoms with Crippen LogP contribution in [0.25, 0.3) is 0 Å². The van der Waals surface area contributed by atoms with Crippen molar-refractivity contribution in [1.82, 2.24) is 19.7 Å². The van der Waals surface area contributed by atoms with Gasteiger partial charge in [-0.25, -0.2) is 0 Å². The minimum absolute atomic E-state index is 0.0540. The van der Waals surface area contributed by atoms with Crippen LogP contribution in [-0.4, -0.2) is 45.3 Å². The highest BCUT2D eigenvalue weighted by Gasteiger charge is 2.25. The fraction of sp³-hybridized carbons (Fsp3) is 0.500. The van der Waals surface area contributed by atoms with Crippen LogP contribution in [0.5, 0.6) is 0 Å². The van der Waals surface area contributed by atoms with Crippen LogP contribution in [0.2, 0.25) is 0 Å². The Labute approximate surface area is 142 Å². The van der Waals surface area contributed by atoms with Gasteiger partial charge in [0.2, 0.25) is 5.91 Å². The first-order chi connectivity index (χ1) is 11.6. The van der Waals surface area contributed by atoms with Gasteiger partial charge in [0.15, 0.2) is 0 Å². The van der Waals surface area contributed by atoms with Gasteiger partial charge in [-0.3, -0.25) is 14.5 Å². The molecule has 0 spiro atoms. The number of nitrogens with zero attached hydrogens (tertiary/aromatic N) is 4. The molecule has 1 aliphatic rings. The van der Waals surface area contributed by atoms with Crippen molar-refractivity contribution in [2.24, 2.45) is 0 Å². The molecule has 0 N–H and O–H groups in total. The molecule has 1 aliphatic heterocycles. The fourth-order valence-electron chi connectivity index (χ4n) is 3.10. The Kier molecular flexibility index (Phi) is 5.25. The van der Waals surface area contributed by atoms with Crippen LogP contribution >= 0.6 is 0 Å². The standard InChI is InChI=1S/C18H24N4O2/c1-14-12-15(2)22(20-14)9-3-4-18(23)21-10-11-24-17(13-21)16-5-7-19-8-6-16/h5-8,12,17H,3-4,9-11,13H2,1-2H3/t17-/m0/s1. The Balaban J connectivity index is 1.50. The zero-order chi connectivity index (χ0) is 16.9. The first kappa shape index (κ1) is 16.6. The molecule has 6 heteroatoms. The van der Waals surface area contributed by atoms with Crippen LogP contribution in [0, 0.1) is 13.8 Å². The Bertz CT molecular complexity index is 684. The number of amides is 1. The van der Waals surface area contributed by atoms with Crippen LogP contribution in [-0.2, 0) is 16.1 Å². The zero-order valence-electron chi connectivity index (χ0n) is 14.3. The van der Waals surface area contributed by atoms with E-state index < -0.39 is 0 Å². The fourth-order valence-corrected chi connectivity index (χ4v) is 3.10. The molecule has 1 amide bonds. The van der Waals surface area contributed by atoms with Gasteiger partial charge in [-0.05, 0) is 44.0 Å². The molecule has 0 aromatic carbocycles. The normalized spacial score (nSPS) is 17.9. The van der Waals surface area contributed by atoms with Crippen molar-refractivity contribution < 1.29 is 9.53 Å². The van der Waals surface area contributed by atoms with E-state index in [-0.39, 0.29) is 12.0 Å². The SMILES string of the molecule is Cc1cc(C)n(CCCC(=O)N2CCO[C@H](c3ccncc3)C2)n1. The van der Waals surface area contributed by atoms with Crippen LogP contribution in [0.1, 0.15) is 35.9 Å². The van der Waals surface area contributed by atoms with Gasteiger partial charge in [0.1, 0.15) is 6.10 Å². The maximum Gasteiger partial charge on any atom is 0.222 e. The van der Waals surface area contributed by atoms with E-state index in [1.54, 1.807) is 12.4 Å². The molecule has 0 bridgehead atoms. The van der Waals surface area contributed by atoms with Crippen molar-refractivity contribution in [3.05, 3.63) is 47.5 Å². The lowest BCUT2D eigenvalue weighted by molar-refractivity contribution is -0.139. The van der Waals surface area contributed by atoms with Gasteiger partial charge in [0.05, 0.1) is 18.8 Å². The minimum atomic E-state index is -0.0540. The first-order valence-corrected chi connectivity index (χ1v) is 8.44. The Morgan fingerprint density at radius 3 is 2.83 bits per heavy atom. The van der Waals surface area contributed by atoms with Crippen molar-refractivity contribution in [1.29, 1.82) is 0 Å². The van der Waals surface area contributed by atoms with Gasteiger partial charge < -0.3 is 9.64 Å². The molecule has 1 fully saturated rings. The van der Waals surface area contributed by atoms with Crippen molar-refractivity contribution in [2.75, 3.05) is 19.7 Å². The molecule has 2 aromatic heterocycles. The van der Waals surface area contributed by atoms with Gasteiger partial charge in [-0.15, -0.1) is 0 Å². The van der Waals surface area contributed by atoms with E-state index in [2.05, 4.69) is 16.1 Å². The van der Waals surface area contributed by atoms with Gasteiger partial charge in [-0.2, -0.15) is 5.10 Å². The van der Waals surface area contributed by atoms with E-state index in [1.165, 1.54) is 0 Å². The molecular formula is C18H24N4O2. The van der Waals surface area contributed by atoms with Crippen LogP contribution in [0.15, 0.2) is 30.6 Å². The number of hydrogen-bond acceptors (Lipinski definition) is 4. The van der Waals surface area contributed by atoms with E-state index in [1.807, 2.05) is 35.6 Å². The van der Waals surface area contributed by atoms with Crippen molar-refractivity contribution >= 4 is 5.91 Å². The summed E-state index contributed by atoms with van der Waals surface area (Å²) in [5, 5.41) is 4.44. The third kappa shape index (κ3) is 4.00. The highest BCUT2D eigenvalue weighted by molar-refractivity contribution is 5.76. The highest BCUT2D eigenvalue weighted by Crippen LogP contribution is 2.22. The zero-order valence-corrected chi connectivity index (χ0v) is 14.3. The number of rotatable bonds is 5. The molecule has 2 aromatic rings. The quantitative estimate of drug-likeness (QED) is 0.845. The topological polar surface area (TPSA) is 60.2 Å². The summed E-state index contributed by atoms with van der Waals surface area (Å²) in [6.07, 6.45) is 4.81. The molecule has 0 saturated carbocycles. The molecule has 3 rings (SSSR count). The summed E-state index contributed by atoms with van der Waals surface area (Å²) in [4.78, 5) is 18.4. The predicted octanol–water partition coefficient (Wildman–Crippen LogP) is 2.28. The van der Waals surface area contributed by atoms with Crippen molar-refractivity contribution in [2.45, 2.75) is 39.3 Å². The molecule has 6 nitrogen and oxygen atoms in total. The average molecular weight is 328 g/mol. The van der Waals surface area contributed by atoms with Crippen LogP contribution in [0.4, 0.5) is 0 Å². The van der Waals surface area contributed by atoms with Crippen molar-refractivity contribution in [3.8, 4) is 0 Å². The second kappa shape index (κ2) is 7.57. The molecule has 24 heavy (non-hydrogen) atoms. The number of ether oxygens (including phenoxy) is 1. The van der Waals surface area contributed by atoms with E-state index in [9.17, 15) is 4.79 Å². The first-order valence-electron chi connectivity index (χ1n) is 8.44. The number of hydrogen-bond donors (Lipinski definition) is 0.